The third-order valence-electron chi connectivity index (χ3n) is 4.45. The van der Waals surface area contributed by atoms with Gasteiger partial charge in [-0.15, -0.1) is 0 Å². The zero-order valence-corrected chi connectivity index (χ0v) is 17.4. The molecule has 1 aromatic heterocycles. The number of nitrogens with zero attached hydrogens (tertiary/aromatic N) is 1. The SMILES string of the molecule is COc1ccc(CCNC(=O)COC(=O)Cc2coc(-c3ccccc3)n2)cc1OC. The van der Waals surface area contributed by atoms with Crippen LogP contribution >= 0.6 is 0 Å². The van der Waals surface area contributed by atoms with Crippen molar-refractivity contribution in [3.8, 4) is 23.0 Å². The first-order valence-corrected chi connectivity index (χ1v) is 9.72. The van der Waals surface area contributed by atoms with Crippen LogP contribution in [0.1, 0.15) is 11.3 Å². The van der Waals surface area contributed by atoms with Crippen molar-refractivity contribution >= 4 is 11.9 Å². The van der Waals surface area contributed by atoms with Crippen LogP contribution in [0.2, 0.25) is 0 Å². The summed E-state index contributed by atoms with van der Waals surface area (Å²) in [6.45, 7) is 0.0454. The molecule has 0 fully saturated rings. The van der Waals surface area contributed by atoms with E-state index in [1.807, 2.05) is 48.5 Å². The van der Waals surface area contributed by atoms with E-state index in [1.165, 1.54) is 6.26 Å². The summed E-state index contributed by atoms with van der Waals surface area (Å²) in [5.41, 5.74) is 2.24. The van der Waals surface area contributed by atoms with E-state index in [9.17, 15) is 9.59 Å². The second-order valence-corrected chi connectivity index (χ2v) is 6.64. The molecule has 1 N–H and O–H groups in total. The lowest BCUT2D eigenvalue weighted by Gasteiger charge is -2.10. The molecule has 31 heavy (non-hydrogen) atoms. The van der Waals surface area contributed by atoms with E-state index in [1.54, 1.807) is 14.2 Å². The summed E-state index contributed by atoms with van der Waals surface area (Å²) in [7, 11) is 3.14. The Hall–Kier alpha value is -3.81. The topological polar surface area (TPSA) is 99.9 Å². The van der Waals surface area contributed by atoms with Gasteiger partial charge >= 0.3 is 5.97 Å². The molecule has 3 rings (SSSR count). The number of rotatable bonds is 10. The van der Waals surface area contributed by atoms with E-state index in [4.69, 9.17) is 18.6 Å². The Balaban J connectivity index is 1.39. The molecule has 1 heterocycles. The Morgan fingerprint density at radius 1 is 1.03 bits per heavy atom. The molecule has 0 bridgehead atoms. The van der Waals surface area contributed by atoms with Crippen molar-refractivity contribution in [3.05, 3.63) is 66.1 Å². The van der Waals surface area contributed by atoms with E-state index in [0.29, 0.717) is 36.0 Å². The smallest absolute Gasteiger partial charge is 0.312 e. The molecule has 3 aromatic rings. The maximum absolute atomic E-state index is 12.0. The molecule has 0 aliphatic carbocycles. The average Bonchev–Trinajstić information content (AvgIpc) is 3.26. The number of amides is 1. The number of carbonyl (C=O) groups excluding carboxylic acids is 2. The van der Waals surface area contributed by atoms with Crippen LogP contribution in [-0.4, -0.2) is 44.2 Å². The van der Waals surface area contributed by atoms with Crippen molar-refractivity contribution in [3.63, 3.8) is 0 Å². The van der Waals surface area contributed by atoms with Gasteiger partial charge in [-0.05, 0) is 36.2 Å². The standard InChI is InChI=1S/C23H24N2O6/c1-28-19-9-8-16(12-20(19)29-2)10-11-24-21(26)15-30-22(27)13-18-14-31-23(25-18)17-6-4-3-5-7-17/h3-9,12,14H,10-11,13,15H2,1-2H3,(H,24,26). The molecule has 0 unspecified atom stereocenters. The molecule has 8 heteroatoms. The van der Waals surface area contributed by atoms with Crippen LogP contribution in [0, 0.1) is 0 Å². The second kappa shape index (κ2) is 10.8. The third-order valence-corrected chi connectivity index (χ3v) is 4.45. The van der Waals surface area contributed by atoms with E-state index in [2.05, 4.69) is 10.3 Å². The average molecular weight is 424 g/mol. The fourth-order valence-electron chi connectivity index (χ4n) is 2.88. The minimum atomic E-state index is -0.553. The summed E-state index contributed by atoms with van der Waals surface area (Å²) in [5.74, 6) is 0.770. The number of aromatic nitrogens is 1. The Morgan fingerprint density at radius 3 is 2.55 bits per heavy atom. The lowest BCUT2D eigenvalue weighted by molar-refractivity contribution is -0.147. The van der Waals surface area contributed by atoms with Gasteiger partial charge in [-0.3, -0.25) is 9.59 Å². The van der Waals surface area contributed by atoms with E-state index >= 15 is 0 Å². The Labute approximate surface area is 180 Å². The largest absolute Gasteiger partial charge is 0.493 e. The monoisotopic (exact) mass is 424 g/mol. The molecule has 8 nitrogen and oxygen atoms in total. The fraction of sp³-hybridized carbons (Fsp3) is 0.261. The quantitative estimate of drug-likeness (QED) is 0.500. The number of carbonyl (C=O) groups is 2. The maximum atomic E-state index is 12.0. The van der Waals surface area contributed by atoms with Gasteiger partial charge in [0.2, 0.25) is 5.89 Å². The van der Waals surface area contributed by atoms with Crippen LogP contribution in [0.25, 0.3) is 11.5 Å². The summed E-state index contributed by atoms with van der Waals surface area (Å²) < 4.78 is 20.9. The first-order chi connectivity index (χ1) is 15.1. The Morgan fingerprint density at radius 2 is 1.81 bits per heavy atom. The number of esters is 1. The van der Waals surface area contributed by atoms with Crippen LogP contribution in [0.15, 0.2) is 59.2 Å². The first-order valence-electron chi connectivity index (χ1n) is 9.72. The number of benzene rings is 2. The fourth-order valence-corrected chi connectivity index (χ4v) is 2.88. The number of ether oxygens (including phenoxy) is 3. The number of hydrogen-bond acceptors (Lipinski definition) is 7. The highest BCUT2D eigenvalue weighted by atomic mass is 16.5. The molecular weight excluding hydrogens is 400 g/mol. The number of methoxy groups -OCH3 is 2. The molecule has 162 valence electrons. The number of nitrogens with one attached hydrogen (secondary N) is 1. The molecule has 0 saturated carbocycles. The van der Waals surface area contributed by atoms with Gasteiger partial charge in [0.1, 0.15) is 6.26 Å². The molecule has 0 atom stereocenters. The van der Waals surface area contributed by atoms with Gasteiger partial charge in [0.25, 0.3) is 5.91 Å². The highest BCUT2D eigenvalue weighted by Crippen LogP contribution is 2.27. The lowest BCUT2D eigenvalue weighted by atomic mass is 10.1. The molecule has 0 saturated heterocycles. The minimum Gasteiger partial charge on any atom is -0.493 e. The normalized spacial score (nSPS) is 10.4. The van der Waals surface area contributed by atoms with Gasteiger partial charge in [0.15, 0.2) is 18.1 Å². The van der Waals surface area contributed by atoms with Gasteiger partial charge in [0, 0.05) is 12.1 Å². The first kappa shape index (κ1) is 21.9. The van der Waals surface area contributed by atoms with Crippen molar-refractivity contribution in [2.24, 2.45) is 0 Å². The van der Waals surface area contributed by atoms with Crippen molar-refractivity contribution in [2.45, 2.75) is 12.8 Å². The zero-order chi connectivity index (χ0) is 22.1. The van der Waals surface area contributed by atoms with Crippen molar-refractivity contribution in [1.82, 2.24) is 10.3 Å². The molecule has 0 aliphatic rings. The van der Waals surface area contributed by atoms with Crippen molar-refractivity contribution in [2.75, 3.05) is 27.4 Å². The molecule has 0 aliphatic heterocycles. The zero-order valence-electron chi connectivity index (χ0n) is 17.4. The summed E-state index contributed by atoms with van der Waals surface area (Å²) in [5, 5.41) is 2.72. The van der Waals surface area contributed by atoms with Crippen LogP contribution in [-0.2, 0) is 27.2 Å². The van der Waals surface area contributed by atoms with Gasteiger partial charge in [-0.1, -0.05) is 24.3 Å². The third kappa shape index (κ3) is 6.33. The highest BCUT2D eigenvalue weighted by molar-refractivity contribution is 5.81. The molecule has 1 amide bonds. The van der Waals surface area contributed by atoms with Gasteiger partial charge in [-0.25, -0.2) is 4.98 Å². The van der Waals surface area contributed by atoms with Crippen LogP contribution < -0.4 is 14.8 Å². The summed E-state index contributed by atoms with van der Waals surface area (Å²) in [4.78, 5) is 28.2. The Bertz CT molecular complexity index is 1020. The van der Waals surface area contributed by atoms with Crippen molar-refractivity contribution < 1.29 is 28.2 Å². The lowest BCUT2D eigenvalue weighted by Crippen LogP contribution is -2.30. The van der Waals surface area contributed by atoms with E-state index < -0.39 is 5.97 Å². The van der Waals surface area contributed by atoms with Crippen LogP contribution in [0.3, 0.4) is 0 Å². The number of hydrogen-bond donors (Lipinski definition) is 1. The van der Waals surface area contributed by atoms with Crippen LogP contribution in [0.5, 0.6) is 11.5 Å². The highest BCUT2D eigenvalue weighted by Gasteiger charge is 2.13. The van der Waals surface area contributed by atoms with Crippen molar-refractivity contribution in [1.29, 1.82) is 0 Å². The predicted molar refractivity (Wildman–Crippen MR) is 113 cm³/mol. The van der Waals surface area contributed by atoms with E-state index in [-0.39, 0.29) is 18.9 Å². The molecule has 0 radical (unpaired) electrons. The van der Waals surface area contributed by atoms with Gasteiger partial charge < -0.3 is 23.9 Å². The van der Waals surface area contributed by atoms with Gasteiger partial charge in [0.05, 0.1) is 26.3 Å². The van der Waals surface area contributed by atoms with Crippen LogP contribution in [0.4, 0.5) is 0 Å². The Kier molecular flexibility index (Phi) is 7.64. The molecule has 2 aromatic carbocycles. The minimum absolute atomic E-state index is 0.0742. The molecule has 0 spiro atoms. The maximum Gasteiger partial charge on any atom is 0.312 e. The van der Waals surface area contributed by atoms with Gasteiger partial charge in [-0.2, -0.15) is 0 Å². The second-order valence-electron chi connectivity index (χ2n) is 6.64. The predicted octanol–water partition coefficient (Wildman–Crippen LogP) is 2.80. The summed E-state index contributed by atoms with van der Waals surface area (Å²) in [6, 6.07) is 14.9. The molecular formula is C23H24N2O6. The van der Waals surface area contributed by atoms with E-state index in [0.717, 1.165) is 11.1 Å². The summed E-state index contributed by atoms with van der Waals surface area (Å²) >= 11 is 0. The summed E-state index contributed by atoms with van der Waals surface area (Å²) in [6.07, 6.45) is 1.93. The number of oxazole rings is 1.